The van der Waals surface area contributed by atoms with E-state index in [1.807, 2.05) is 13.0 Å². The first-order valence-electron chi connectivity index (χ1n) is 6.11. The summed E-state index contributed by atoms with van der Waals surface area (Å²) in [4.78, 5) is 0.313. The van der Waals surface area contributed by atoms with Crippen LogP contribution in [-0.4, -0.2) is 36.8 Å². The number of benzene rings is 1. The second-order valence-electron chi connectivity index (χ2n) is 4.52. The van der Waals surface area contributed by atoms with Crippen molar-refractivity contribution in [1.29, 1.82) is 5.26 Å². The van der Waals surface area contributed by atoms with Gasteiger partial charge in [-0.25, -0.2) is 8.42 Å². The number of hydrogen-bond acceptors (Lipinski definition) is 4. The Hall–Kier alpha value is -1.03. The SMILES string of the molecule is CC1CSCCN1S(=O)(=O)c1ccc(CC#N)cc1. The molecule has 0 bridgehead atoms. The Morgan fingerprint density at radius 1 is 1.42 bits per heavy atom. The summed E-state index contributed by atoms with van der Waals surface area (Å²) in [6.45, 7) is 2.50. The van der Waals surface area contributed by atoms with Gasteiger partial charge in [0.25, 0.3) is 0 Å². The summed E-state index contributed by atoms with van der Waals surface area (Å²) in [7, 11) is -3.41. The zero-order chi connectivity index (χ0) is 13.9. The van der Waals surface area contributed by atoms with Gasteiger partial charge in [0, 0.05) is 24.1 Å². The molecule has 1 aromatic carbocycles. The number of nitrogens with zero attached hydrogens (tertiary/aromatic N) is 2. The average molecular weight is 296 g/mol. The van der Waals surface area contributed by atoms with Crippen LogP contribution in [0, 0.1) is 11.3 Å². The van der Waals surface area contributed by atoms with E-state index in [0.29, 0.717) is 17.9 Å². The van der Waals surface area contributed by atoms with E-state index in [1.165, 1.54) is 0 Å². The lowest BCUT2D eigenvalue weighted by Gasteiger charge is -2.31. The van der Waals surface area contributed by atoms with Gasteiger partial charge in [-0.15, -0.1) is 0 Å². The van der Waals surface area contributed by atoms with Crippen LogP contribution in [0.4, 0.5) is 0 Å². The van der Waals surface area contributed by atoms with Crippen LogP contribution in [0.5, 0.6) is 0 Å². The van der Waals surface area contributed by atoms with Crippen molar-refractivity contribution in [3.63, 3.8) is 0 Å². The van der Waals surface area contributed by atoms with Crippen molar-refractivity contribution in [3.05, 3.63) is 29.8 Å². The summed E-state index contributed by atoms with van der Waals surface area (Å²) in [6.07, 6.45) is 0.303. The van der Waals surface area contributed by atoms with Crippen molar-refractivity contribution in [2.24, 2.45) is 0 Å². The third kappa shape index (κ3) is 3.11. The normalized spacial score (nSPS) is 20.9. The predicted molar refractivity (Wildman–Crippen MR) is 76.4 cm³/mol. The molecule has 0 spiro atoms. The predicted octanol–water partition coefficient (Wildman–Crippen LogP) is 1.88. The Bertz CT molecular complexity index is 576. The summed E-state index contributed by atoms with van der Waals surface area (Å²) >= 11 is 1.78. The van der Waals surface area contributed by atoms with E-state index in [0.717, 1.165) is 17.1 Å². The Kier molecular flexibility index (Phi) is 4.50. The molecule has 6 heteroatoms. The highest BCUT2D eigenvalue weighted by atomic mass is 32.2. The van der Waals surface area contributed by atoms with E-state index in [4.69, 9.17) is 5.26 Å². The maximum atomic E-state index is 12.5. The first kappa shape index (κ1) is 14.4. The third-order valence-electron chi connectivity index (χ3n) is 3.12. The van der Waals surface area contributed by atoms with Crippen LogP contribution in [0.1, 0.15) is 12.5 Å². The van der Waals surface area contributed by atoms with Crippen LogP contribution in [0.2, 0.25) is 0 Å². The number of sulfonamides is 1. The molecule has 1 aliphatic heterocycles. The Balaban J connectivity index is 2.26. The number of nitriles is 1. The summed E-state index contributed by atoms with van der Waals surface area (Å²) in [5.74, 6) is 1.68. The first-order valence-corrected chi connectivity index (χ1v) is 8.70. The molecule has 1 fully saturated rings. The van der Waals surface area contributed by atoms with E-state index >= 15 is 0 Å². The zero-order valence-electron chi connectivity index (χ0n) is 10.7. The maximum absolute atomic E-state index is 12.5. The summed E-state index contributed by atoms with van der Waals surface area (Å²) < 4.78 is 26.6. The Morgan fingerprint density at radius 2 is 2.11 bits per heavy atom. The molecule has 1 aliphatic rings. The van der Waals surface area contributed by atoms with Crippen LogP contribution in [0.15, 0.2) is 29.2 Å². The molecule has 1 aromatic rings. The fourth-order valence-electron chi connectivity index (χ4n) is 2.07. The molecule has 0 radical (unpaired) electrons. The van der Waals surface area contributed by atoms with E-state index in [1.54, 1.807) is 40.3 Å². The molecule has 1 atom stereocenters. The first-order chi connectivity index (χ1) is 9.05. The quantitative estimate of drug-likeness (QED) is 0.854. The topological polar surface area (TPSA) is 61.2 Å². The highest BCUT2D eigenvalue weighted by molar-refractivity contribution is 7.99. The van der Waals surface area contributed by atoms with Crippen molar-refractivity contribution in [2.75, 3.05) is 18.1 Å². The van der Waals surface area contributed by atoms with Crippen LogP contribution in [0.3, 0.4) is 0 Å². The summed E-state index contributed by atoms with van der Waals surface area (Å²) in [6, 6.07) is 8.68. The molecule has 1 heterocycles. The molecular weight excluding hydrogens is 280 g/mol. The van der Waals surface area contributed by atoms with Crippen LogP contribution in [0.25, 0.3) is 0 Å². The second kappa shape index (κ2) is 5.95. The molecule has 0 saturated carbocycles. The second-order valence-corrected chi connectivity index (χ2v) is 7.56. The van der Waals surface area contributed by atoms with Crippen molar-refractivity contribution >= 4 is 21.8 Å². The van der Waals surface area contributed by atoms with Crippen molar-refractivity contribution in [2.45, 2.75) is 24.3 Å². The van der Waals surface area contributed by atoms with Gasteiger partial charge in [-0.05, 0) is 24.6 Å². The zero-order valence-corrected chi connectivity index (χ0v) is 12.4. The molecule has 0 aromatic heterocycles. The van der Waals surface area contributed by atoms with Gasteiger partial charge in [0.15, 0.2) is 0 Å². The number of thioether (sulfide) groups is 1. The minimum atomic E-state index is -3.41. The molecule has 0 aliphatic carbocycles. The fraction of sp³-hybridized carbons (Fsp3) is 0.462. The van der Waals surface area contributed by atoms with Crippen LogP contribution < -0.4 is 0 Å². The molecule has 1 saturated heterocycles. The van der Waals surface area contributed by atoms with Crippen molar-refractivity contribution in [3.8, 4) is 6.07 Å². The highest BCUT2D eigenvalue weighted by Crippen LogP contribution is 2.24. The lowest BCUT2D eigenvalue weighted by molar-refractivity contribution is 0.367. The van der Waals surface area contributed by atoms with Crippen LogP contribution >= 0.6 is 11.8 Å². The highest BCUT2D eigenvalue weighted by Gasteiger charge is 2.30. The Morgan fingerprint density at radius 3 is 2.68 bits per heavy atom. The number of hydrogen-bond donors (Lipinski definition) is 0. The molecule has 4 nitrogen and oxygen atoms in total. The van der Waals surface area contributed by atoms with E-state index in [9.17, 15) is 8.42 Å². The fourth-order valence-corrected chi connectivity index (χ4v) is 4.93. The van der Waals surface area contributed by atoms with E-state index in [2.05, 4.69) is 0 Å². The van der Waals surface area contributed by atoms with Gasteiger partial charge in [-0.3, -0.25) is 0 Å². The third-order valence-corrected chi connectivity index (χ3v) is 6.34. The van der Waals surface area contributed by atoms with Gasteiger partial charge < -0.3 is 0 Å². The molecular formula is C13H16N2O2S2. The monoisotopic (exact) mass is 296 g/mol. The van der Waals surface area contributed by atoms with Gasteiger partial charge >= 0.3 is 0 Å². The minimum Gasteiger partial charge on any atom is -0.207 e. The van der Waals surface area contributed by atoms with E-state index < -0.39 is 10.0 Å². The Labute approximate surface area is 118 Å². The maximum Gasteiger partial charge on any atom is 0.243 e. The molecule has 0 N–H and O–H groups in total. The molecule has 1 unspecified atom stereocenters. The van der Waals surface area contributed by atoms with Crippen LogP contribution in [-0.2, 0) is 16.4 Å². The molecule has 19 heavy (non-hydrogen) atoms. The van der Waals surface area contributed by atoms with Gasteiger partial charge in [-0.1, -0.05) is 12.1 Å². The molecule has 2 rings (SSSR count). The molecule has 0 amide bonds. The van der Waals surface area contributed by atoms with Gasteiger partial charge in [0.05, 0.1) is 17.4 Å². The standard InChI is InChI=1S/C13H16N2O2S2/c1-11-10-18-9-8-15(11)19(16,17)13-4-2-12(3-5-13)6-7-14/h2-5,11H,6,8-10H2,1H3. The average Bonchev–Trinajstić information content (AvgIpc) is 2.40. The van der Waals surface area contributed by atoms with E-state index in [-0.39, 0.29) is 6.04 Å². The smallest absolute Gasteiger partial charge is 0.207 e. The summed E-state index contributed by atoms with van der Waals surface area (Å²) in [5, 5.41) is 8.61. The largest absolute Gasteiger partial charge is 0.243 e. The van der Waals surface area contributed by atoms with Crippen molar-refractivity contribution < 1.29 is 8.42 Å². The van der Waals surface area contributed by atoms with Gasteiger partial charge in [0.2, 0.25) is 10.0 Å². The summed E-state index contributed by atoms with van der Waals surface area (Å²) in [5.41, 5.74) is 0.837. The number of rotatable bonds is 3. The van der Waals surface area contributed by atoms with Gasteiger partial charge in [0.1, 0.15) is 0 Å². The van der Waals surface area contributed by atoms with Gasteiger partial charge in [-0.2, -0.15) is 21.3 Å². The lowest BCUT2D eigenvalue weighted by Crippen LogP contribution is -2.44. The molecule has 102 valence electrons. The lowest BCUT2D eigenvalue weighted by atomic mass is 10.2. The minimum absolute atomic E-state index is 0.0301. The van der Waals surface area contributed by atoms with Crippen molar-refractivity contribution in [1.82, 2.24) is 4.31 Å².